The molecule has 0 unspecified atom stereocenters. The Bertz CT molecular complexity index is 7440. The molecule has 0 saturated carbocycles. The Morgan fingerprint density at radius 1 is 0.211 bits per heavy atom. The first kappa shape index (κ1) is 78.8. The Labute approximate surface area is 750 Å². The lowest BCUT2D eigenvalue weighted by molar-refractivity contribution is 0.660. The van der Waals surface area contributed by atoms with Crippen LogP contribution in [-0.2, 0) is 5.41 Å². The highest BCUT2D eigenvalue weighted by molar-refractivity contribution is 7.25. The molecule has 0 amide bonds. The number of hydrogen-bond donors (Lipinski definition) is 0. The van der Waals surface area contributed by atoms with Crippen molar-refractivity contribution in [2.24, 2.45) is 0 Å². The molecule has 0 saturated heterocycles. The molecule has 1 aliphatic rings. The van der Waals surface area contributed by atoms with Crippen LogP contribution in [0.4, 0.5) is 51.2 Å². The number of hydrogen-bond acceptors (Lipinski definition) is 8. The molecule has 1 aliphatic carbocycles. The zero-order valence-electron chi connectivity index (χ0n) is 70.7. The first-order valence-corrected chi connectivity index (χ1v) is 44.2. The summed E-state index contributed by atoms with van der Waals surface area (Å²) in [5, 5.41) is 4.87. The fourth-order valence-electron chi connectivity index (χ4n) is 18.0. The van der Waals surface area contributed by atoms with E-state index in [4.69, 9.17) is 4.42 Å². The van der Waals surface area contributed by atoms with Crippen LogP contribution in [0.1, 0.15) is 25.0 Å². The number of anilines is 9. The average Bonchev–Trinajstić information content (AvgIpc) is 1.57. The minimum Gasteiger partial charge on any atom is -0.455 e. The van der Waals surface area contributed by atoms with Gasteiger partial charge in [0, 0.05) is 130 Å². The Balaban J connectivity index is 0.000000117. The summed E-state index contributed by atoms with van der Waals surface area (Å²) in [6.45, 7) is 4.68. The van der Waals surface area contributed by atoms with Gasteiger partial charge < -0.3 is 19.1 Å². The third kappa shape index (κ3) is 16.0. The zero-order chi connectivity index (χ0) is 85.7. The van der Waals surface area contributed by atoms with Crippen molar-refractivity contribution < 1.29 is 4.42 Å². The fourth-order valence-corrected chi connectivity index (χ4v) is 19.1. The number of benzene rings is 17. The molecule has 7 nitrogen and oxygen atoms in total. The van der Waals surface area contributed by atoms with Crippen molar-refractivity contribution in [1.82, 2.24) is 15.0 Å². The number of fused-ring (bicyclic) bond motifs is 9. The van der Waals surface area contributed by atoms with Crippen molar-refractivity contribution in [2.75, 3.05) is 14.7 Å². The van der Waals surface area contributed by atoms with Crippen LogP contribution in [0.5, 0.6) is 0 Å². The molecule has 17 aromatic carbocycles. The van der Waals surface area contributed by atoms with E-state index in [0.717, 1.165) is 112 Å². The molecule has 0 bridgehead atoms. The Hall–Kier alpha value is -16.4. The minimum absolute atomic E-state index is 0.0748. The number of thiophene rings is 1. The van der Waals surface area contributed by atoms with Gasteiger partial charge in [-0.2, -0.15) is 0 Å². The van der Waals surface area contributed by atoms with Crippen LogP contribution in [0.25, 0.3) is 142 Å². The Morgan fingerprint density at radius 2 is 0.539 bits per heavy atom. The first-order chi connectivity index (χ1) is 63.2. The molecule has 128 heavy (non-hydrogen) atoms. The van der Waals surface area contributed by atoms with Gasteiger partial charge in [-0.25, -0.2) is 0 Å². The summed E-state index contributed by atoms with van der Waals surface area (Å²) in [5.74, 6) is 0. The van der Waals surface area contributed by atoms with Gasteiger partial charge in [0.2, 0.25) is 0 Å². The number of rotatable bonds is 17. The van der Waals surface area contributed by atoms with Crippen molar-refractivity contribution in [3.63, 3.8) is 0 Å². The Morgan fingerprint density at radius 3 is 1.01 bits per heavy atom. The second-order valence-electron chi connectivity index (χ2n) is 32.7. The quantitative estimate of drug-likeness (QED) is 0.0900. The van der Waals surface area contributed by atoms with Crippen LogP contribution >= 0.6 is 11.3 Å². The highest BCUT2D eigenvalue weighted by Crippen LogP contribution is 2.52. The molecule has 0 atom stereocenters. The van der Waals surface area contributed by atoms with E-state index in [1.54, 1.807) is 0 Å². The van der Waals surface area contributed by atoms with Crippen molar-refractivity contribution >= 4 is 105 Å². The molecule has 0 fully saturated rings. The largest absolute Gasteiger partial charge is 0.455 e. The van der Waals surface area contributed by atoms with Crippen LogP contribution in [0.3, 0.4) is 0 Å². The van der Waals surface area contributed by atoms with Gasteiger partial charge in [-0.15, -0.1) is 11.3 Å². The van der Waals surface area contributed by atoms with Crippen molar-refractivity contribution in [3.8, 4) is 100 Å². The average molecular weight is 1660 g/mol. The summed E-state index contributed by atoms with van der Waals surface area (Å²) in [4.78, 5) is 19.7. The maximum atomic E-state index is 6.34. The van der Waals surface area contributed by atoms with Crippen LogP contribution in [-0.4, -0.2) is 15.0 Å². The molecule has 8 heteroatoms. The molecule has 0 radical (unpaired) electrons. The third-order valence-corrected chi connectivity index (χ3v) is 25.8. The third-order valence-electron chi connectivity index (χ3n) is 24.6. The topological polar surface area (TPSA) is 61.5 Å². The number of aromatic nitrogens is 3. The normalized spacial score (nSPS) is 11.7. The van der Waals surface area contributed by atoms with E-state index in [2.05, 4.69) is 456 Å². The van der Waals surface area contributed by atoms with Gasteiger partial charge in [-0.05, 0) is 263 Å². The summed E-state index contributed by atoms with van der Waals surface area (Å²) >= 11 is 1.85. The van der Waals surface area contributed by atoms with E-state index in [1.165, 1.54) is 92.5 Å². The van der Waals surface area contributed by atoms with E-state index in [1.807, 2.05) is 84.9 Å². The highest BCUT2D eigenvalue weighted by Gasteiger charge is 2.36. The van der Waals surface area contributed by atoms with Crippen LogP contribution in [0.15, 0.2) is 491 Å². The van der Waals surface area contributed by atoms with Crippen LogP contribution in [0, 0.1) is 0 Å². The molecule has 23 rings (SSSR count). The van der Waals surface area contributed by atoms with Gasteiger partial charge >= 0.3 is 0 Å². The smallest absolute Gasteiger partial charge is 0.143 e. The molecule has 0 N–H and O–H groups in total. The van der Waals surface area contributed by atoms with Gasteiger partial charge in [-0.3, -0.25) is 15.0 Å². The van der Waals surface area contributed by atoms with E-state index < -0.39 is 0 Å². The predicted octanol–water partition coefficient (Wildman–Crippen LogP) is 33.6. The lowest BCUT2D eigenvalue weighted by atomic mass is 9.82. The maximum Gasteiger partial charge on any atom is 0.143 e. The zero-order valence-corrected chi connectivity index (χ0v) is 71.5. The maximum absolute atomic E-state index is 6.34. The highest BCUT2D eigenvalue weighted by atomic mass is 32.1. The SMILES string of the molecule is CC1(C)c2ccccc2-c2ccc(N(c3ccc(-c4ccncc4)cc3)c3ccc(-c4ccc(-c5ccccc5)cc4)cc3)cc21.c1ccc(-c2ccc(N(c3ccc(-c4cccnc4)cc3)c3ccc4sc5ccccc5c4c3)cc2)cc1.c1ccc(-c2ccc(N(c3ccc(-c4ccncc4)cc3)c3ccc(-c4cccc5c4oc4ccccc45)cc3)cc2)cc1. The summed E-state index contributed by atoms with van der Waals surface area (Å²) in [5.41, 5.74) is 36.0. The summed E-state index contributed by atoms with van der Waals surface area (Å²) in [6.07, 6.45) is 11.1. The van der Waals surface area contributed by atoms with Crippen LogP contribution in [0.2, 0.25) is 0 Å². The lowest BCUT2D eigenvalue weighted by Gasteiger charge is -2.28. The van der Waals surface area contributed by atoms with E-state index in [0.29, 0.717) is 0 Å². The molecule has 0 spiro atoms. The summed E-state index contributed by atoms with van der Waals surface area (Å²) < 4.78 is 8.96. The van der Waals surface area contributed by atoms with Gasteiger partial charge in [0.15, 0.2) is 0 Å². The number of nitrogens with zero attached hydrogens (tertiary/aromatic N) is 6. The summed E-state index contributed by atoms with van der Waals surface area (Å²) in [6, 6.07) is 160. The van der Waals surface area contributed by atoms with Gasteiger partial charge in [0.25, 0.3) is 0 Å². The molecular formula is C120H86N6OS. The van der Waals surface area contributed by atoms with Crippen molar-refractivity contribution in [1.29, 1.82) is 0 Å². The molecular weight excluding hydrogens is 1570 g/mol. The monoisotopic (exact) mass is 1660 g/mol. The van der Waals surface area contributed by atoms with Gasteiger partial charge in [0.05, 0.1) is 0 Å². The van der Waals surface area contributed by atoms with Crippen molar-refractivity contribution in [3.05, 3.63) is 497 Å². The molecule has 0 aliphatic heterocycles. The van der Waals surface area contributed by atoms with Crippen LogP contribution < -0.4 is 14.7 Å². The minimum atomic E-state index is -0.0748. The second kappa shape index (κ2) is 35.1. The standard InChI is InChI=1S/C44H34N2.C41H28N2O.C35H24N2S/c1-44(2)42-11-7-6-10-40(42)41-25-24-39(30-43(41)44)46(38-22-18-35(19-23-38)36-26-28-45-29-27-36)37-20-16-34(17-21-37)33-14-12-32(13-15-33)31-8-4-3-5-9-31;1-2-7-29(8-3-1)30-13-19-34(20-14-30)43(35-21-15-31(16-22-35)32-25-27-42-28-26-32)36-23-17-33(18-24-36)37-10-6-11-39-38-9-4-5-12-40(38)44-41(37)39;1-2-7-25(8-3-1)26-12-16-29(17-13-26)37(30-18-14-27(15-19-30)28-9-6-22-36-24-28)31-20-21-35-33(23-31)32-10-4-5-11-34(32)38-35/h3-30H,1-2H3;1-28H;1-24H. The number of para-hydroxylation sites is 2. The predicted molar refractivity (Wildman–Crippen MR) is 538 cm³/mol. The molecule has 608 valence electrons. The fraction of sp³-hybridized carbons (Fsp3) is 0.0250. The van der Waals surface area contributed by atoms with E-state index in [9.17, 15) is 0 Å². The first-order valence-electron chi connectivity index (χ1n) is 43.4. The Kier molecular flexibility index (Phi) is 21.6. The summed E-state index contributed by atoms with van der Waals surface area (Å²) in [7, 11) is 0. The molecule has 5 heterocycles. The van der Waals surface area contributed by atoms with Gasteiger partial charge in [-0.1, -0.05) is 305 Å². The number of pyridine rings is 3. The van der Waals surface area contributed by atoms with E-state index in [-0.39, 0.29) is 5.41 Å². The molecule has 5 aromatic heterocycles. The lowest BCUT2D eigenvalue weighted by Crippen LogP contribution is -2.16. The van der Waals surface area contributed by atoms with Gasteiger partial charge in [0.1, 0.15) is 11.2 Å². The van der Waals surface area contributed by atoms with E-state index >= 15 is 0 Å². The van der Waals surface area contributed by atoms with Crippen molar-refractivity contribution in [2.45, 2.75) is 19.3 Å². The number of furan rings is 1. The molecule has 22 aromatic rings. The second-order valence-corrected chi connectivity index (χ2v) is 33.8.